The van der Waals surface area contributed by atoms with Gasteiger partial charge in [0, 0.05) is 63.6 Å². The van der Waals surface area contributed by atoms with Crippen LogP contribution in [0.4, 0.5) is 30.8 Å². The molecule has 42 heavy (non-hydrogen) atoms. The van der Waals surface area contributed by atoms with E-state index in [-0.39, 0.29) is 13.1 Å². The number of anilines is 3. The van der Waals surface area contributed by atoms with Gasteiger partial charge in [-0.2, -0.15) is 13.2 Å². The van der Waals surface area contributed by atoms with Crippen molar-refractivity contribution in [2.24, 2.45) is 0 Å². The van der Waals surface area contributed by atoms with E-state index in [1.165, 1.54) is 24.2 Å². The molecule has 0 aliphatic carbocycles. The zero-order chi connectivity index (χ0) is 29.1. The number of amides is 1. The van der Waals surface area contributed by atoms with E-state index in [2.05, 4.69) is 40.0 Å². The summed E-state index contributed by atoms with van der Waals surface area (Å²) in [6.45, 7) is 4.20. The molecule has 0 saturated carbocycles. The molecule has 10 nitrogen and oxygen atoms in total. The number of pyridine rings is 1. The number of fused-ring (bicyclic) bond motifs is 1. The van der Waals surface area contributed by atoms with Gasteiger partial charge in [0.2, 0.25) is 11.9 Å². The minimum atomic E-state index is -4.48. The summed E-state index contributed by atoms with van der Waals surface area (Å²) in [4.78, 5) is 39.0. The Kier molecular flexibility index (Phi) is 7.92. The number of benzene rings is 1. The number of nitrogens with zero attached hydrogens (tertiary/aromatic N) is 7. The van der Waals surface area contributed by atoms with Crippen molar-refractivity contribution in [2.75, 3.05) is 49.5 Å². The average Bonchev–Trinajstić information content (AvgIpc) is 3.39. The second-order valence-electron chi connectivity index (χ2n) is 10.7. The predicted octanol–water partition coefficient (Wildman–Crippen LogP) is 4.75. The molecule has 6 rings (SSSR count). The third-order valence-corrected chi connectivity index (χ3v) is 7.66. The number of piperidine rings is 1. The number of carbonyl (C=O) groups excluding carboxylic acids is 1. The summed E-state index contributed by atoms with van der Waals surface area (Å²) >= 11 is 0. The Balaban J connectivity index is 1.09. The minimum absolute atomic E-state index is 0.278. The second kappa shape index (κ2) is 11.9. The monoisotopic (exact) mass is 579 g/mol. The summed E-state index contributed by atoms with van der Waals surface area (Å²) in [5.74, 6) is 1.26. The van der Waals surface area contributed by atoms with Gasteiger partial charge in [0.05, 0.1) is 16.7 Å². The van der Waals surface area contributed by atoms with E-state index in [0.717, 1.165) is 46.8 Å². The molecule has 1 aromatic carbocycles. The Morgan fingerprint density at radius 1 is 0.929 bits per heavy atom. The van der Waals surface area contributed by atoms with Crippen molar-refractivity contribution in [3.8, 4) is 11.3 Å². The van der Waals surface area contributed by atoms with E-state index in [0.29, 0.717) is 31.4 Å². The van der Waals surface area contributed by atoms with Gasteiger partial charge in [0.1, 0.15) is 24.4 Å². The summed E-state index contributed by atoms with van der Waals surface area (Å²) in [6.07, 6.45) is 1.06. The highest BCUT2D eigenvalue weighted by Gasteiger charge is 2.34. The van der Waals surface area contributed by atoms with Gasteiger partial charge >= 0.3 is 6.18 Å². The lowest BCUT2D eigenvalue weighted by atomic mass is 10.1. The highest BCUT2D eigenvalue weighted by Crippen LogP contribution is 2.27. The number of rotatable bonds is 7. The van der Waals surface area contributed by atoms with Gasteiger partial charge in [-0.25, -0.2) is 19.9 Å². The number of carbonyl (C=O) groups is 1. The smallest absolute Gasteiger partial charge is 0.357 e. The maximum absolute atomic E-state index is 12.6. The fraction of sp³-hybridized carbons (Fsp3) is 0.414. The fourth-order valence-corrected chi connectivity index (χ4v) is 5.49. The SMILES string of the molecule is O=C(CC(F)(F)F)N1CCN(Cc2ccnc(Nc3nc4ccc(-c5cc(N6CCCCC6)ncn5)cc4[nH]3)c2)CC1. The molecule has 0 unspecified atom stereocenters. The highest BCUT2D eigenvalue weighted by atomic mass is 19.4. The molecule has 2 fully saturated rings. The Labute approximate surface area is 241 Å². The number of aromatic amines is 1. The van der Waals surface area contributed by atoms with Crippen LogP contribution in [0.3, 0.4) is 0 Å². The normalized spacial score (nSPS) is 16.6. The van der Waals surface area contributed by atoms with Gasteiger partial charge in [-0.05, 0) is 49.1 Å². The van der Waals surface area contributed by atoms with Crippen molar-refractivity contribution in [3.05, 3.63) is 54.5 Å². The van der Waals surface area contributed by atoms with Gasteiger partial charge in [0.25, 0.3) is 0 Å². The number of imidazole rings is 1. The molecule has 4 aromatic rings. The standard InChI is InChI=1S/C29H32F3N9O/c30-29(31,32)17-27(42)41-12-10-39(11-13-41)18-20-6-7-33-25(14-20)38-28-36-22-5-4-21(15-24(22)37-28)23-16-26(35-19-34-23)40-8-2-1-3-9-40/h4-7,14-16,19H,1-3,8-13,17-18H2,(H2,33,36,37,38). The molecular formula is C29H32F3N9O. The van der Waals surface area contributed by atoms with E-state index < -0.39 is 18.5 Å². The molecule has 2 aliphatic rings. The molecule has 0 bridgehead atoms. The van der Waals surface area contributed by atoms with Crippen LogP contribution in [0.15, 0.2) is 48.9 Å². The van der Waals surface area contributed by atoms with E-state index >= 15 is 0 Å². The van der Waals surface area contributed by atoms with E-state index in [9.17, 15) is 18.0 Å². The first-order valence-corrected chi connectivity index (χ1v) is 14.1. The Morgan fingerprint density at radius 3 is 2.52 bits per heavy atom. The summed E-state index contributed by atoms with van der Waals surface area (Å²) < 4.78 is 37.7. The van der Waals surface area contributed by atoms with Gasteiger partial charge in [-0.1, -0.05) is 6.07 Å². The van der Waals surface area contributed by atoms with Crippen LogP contribution in [-0.4, -0.2) is 86.1 Å². The second-order valence-corrected chi connectivity index (χ2v) is 10.7. The molecule has 2 saturated heterocycles. The quantitative estimate of drug-likeness (QED) is 0.323. The lowest BCUT2D eigenvalue weighted by Gasteiger charge is -2.35. The summed E-state index contributed by atoms with van der Waals surface area (Å²) in [7, 11) is 0. The number of alkyl halides is 3. The first-order chi connectivity index (χ1) is 20.3. The Morgan fingerprint density at radius 2 is 1.74 bits per heavy atom. The molecule has 13 heteroatoms. The predicted molar refractivity (Wildman–Crippen MR) is 153 cm³/mol. The topological polar surface area (TPSA) is 106 Å². The van der Waals surface area contributed by atoms with Crippen LogP contribution in [-0.2, 0) is 11.3 Å². The molecule has 2 aliphatic heterocycles. The third kappa shape index (κ3) is 6.78. The molecule has 5 heterocycles. The number of nitrogens with one attached hydrogen (secondary N) is 2. The van der Waals surface area contributed by atoms with Crippen LogP contribution in [0.2, 0.25) is 0 Å². The van der Waals surface area contributed by atoms with Crippen LogP contribution < -0.4 is 10.2 Å². The summed E-state index contributed by atoms with van der Waals surface area (Å²) in [5, 5.41) is 3.24. The Hall–Kier alpha value is -4.26. The van der Waals surface area contributed by atoms with Crippen molar-refractivity contribution in [3.63, 3.8) is 0 Å². The lowest BCUT2D eigenvalue weighted by Crippen LogP contribution is -2.49. The van der Waals surface area contributed by atoms with Crippen molar-refractivity contribution in [1.82, 2.24) is 34.7 Å². The fourth-order valence-electron chi connectivity index (χ4n) is 5.49. The number of halogens is 3. The van der Waals surface area contributed by atoms with Gasteiger partial charge in [-0.3, -0.25) is 9.69 Å². The Bertz CT molecular complexity index is 1540. The lowest BCUT2D eigenvalue weighted by molar-refractivity contribution is -0.162. The van der Waals surface area contributed by atoms with Crippen molar-refractivity contribution < 1.29 is 18.0 Å². The molecule has 220 valence electrons. The maximum atomic E-state index is 12.6. The number of piperazine rings is 1. The zero-order valence-corrected chi connectivity index (χ0v) is 23.1. The number of H-pyrrole nitrogens is 1. The zero-order valence-electron chi connectivity index (χ0n) is 23.1. The van der Waals surface area contributed by atoms with Crippen LogP contribution in [0, 0.1) is 0 Å². The minimum Gasteiger partial charge on any atom is -0.357 e. The number of hydrogen-bond donors (Lipinski definition) is 2. The van der Waals surface area contributed by atoms with Crippen LogP contribution >= 0.6 is 0 Å². The van der Waals surface area contributed by atoms with Crippen LogP contribution in [0.5, 0.6) is 0 Å². The molecule has 1 amide bonds. The molecule has 2 N–H and O–H groups in total. The molecule has 0 spiro atoms. The third-order valence-electron chi connectivity index (χ3n) is 7.66. The molecular weight excluding hydrogens is 547 g/mol. The van der Waals surface area contributed by atoms with Gasteiger partial charge in [0.15, 0.2) is 0 Å². The molecule has 0 atom stereocenters. The van der Waals surface area contributed by atoms with Crippen molar-refractivity contribution >= 4 is 34.5 Å². The maximum Gasteiger partial charge on any atom is 0.397 e. The largest absolute Gasteiger partial charge is 0.397 e. The average molecular weight is 580 g/mol. The van der Waals surface area contributed by atoms with Crippen molar-refractivity contribution in [2.45, 2.75) is 38.4 Å². The van der Waals surface area contributed by atoms with Gasteiger partial charge in [-0.15, -0.1) is 0 Å². The van der Waals surface area contributed by atoms with E-state index in [1.807, 2.05) is 36.4 Å². The molecule has 0 radical (unpaired) electrons. The van der Waals surface area contributed by atoms with Crippen LogP contribution in [0.1, 0.15) is 31.2 Å². The highest BCUT2D eigenvalue weighted by molar-refractivity contribution is 5.83. The van der Waals surface area contributed by atoms with E-state index in [1.54, 1.807) is 12.5 Å². The van der Waals surface area contributed by atoms with Gasteiger partial charge < -0.3 is 20.1 Å². The van der Waals surface area contributed by atoms with Crippen molar-refractivity contribution in [1.29, 1.82) is 0 Å². The summed E-state index contributed by atoms with van der Waals surface area (Å²) in [6, 6.07) is 11.8. The number of hydrogen-bond acceptors (Lipinski definition) is 8. The van der Waals surface area contributed by atoms with E-state index in [4.69, 9.17) is 0 Å². The molecule has 3 aromatic heterocycles. The first-order valence-electron chi connectivity index (χ1n) is 14.1. The first kappa shape index (κ1) is 27.9. The van der Waals surface area contributed by atoms with Crippen LogP contribution in [0.25, 0.3) is 22.3 Å². The summed E-state index contributed by atoms with van der Waals surface area (Å²) in [5.41, 5.74) is 4.49. The number of aromatic nitrogens is 5.